The summed E-state index contributed by atoms with van der Waals surface area (Å²) in [7, 11) is 0. The van der Waals surface area contributed by atoms with Gasteiger partial charge in [0.15, 0.2) is 11.6 Å². The highest BCUT2D eigenvalue weighted by molar-refractivity contribution is 5.75. The number of hydrogen-bond donors (Lipinski definition) is 0. The van der Waals surface area contributed by atoms with Crippen LogP contribution in [0.5, 0.6) is 5.75 Å². The van der Waals surface area contributed by atoms with E-state index in [9.17, 15) is 13.2 Å². The molecule has 2 aromatic carbocycles. The zero-order valence-corrected chi connectivity index (χ0v) is 11.6. The van der Waals surface area contributed by atoms with E-state index >= 15 is 0 Å². The Bertz CT molecular complexity index is 784. The molecule has 0 aliphatic carbocycles. The highest BCUT2D eigenvalue weighted by Crippen LogP contribution is 2.18. The predicted molar refractivity (Wildman–Crippen MR) is 76.2 cm³/mol. The van der Waals surface area contributed by atoms with E-state index in [0.29, 0.717) is 36.4 Å². The molecule has 1 aromatic heterocycles. The van der Waals surface area contributed by atoms with Crippen molar-refractivity contribution < 1.29 is 17.9 Å². The molecule has 6 heteroatoms. The fraction of sp³-hybridized carbons (Fsp3) is 0.188. The molecule has 3 aromatic rings. The minimum Gasteiger partial charge on any atom is -0.494 e. The van der Waals surface area contributed by atoms with Crippen LogP contribution in [0.2, 0.25) is 0 Å². The van der Waals surface area contributed by atoms with Gasteiger partial charge < -0.3 is 9.30 Å². The van der Waals surface area contributed by atoms with Crippen LogP contribution >= 0.6 is 0 Å². The summed E-state index contributed by atoms with van der Waals surface area (Å²) < 4.78 is 46.4. The van der Waals surface area contributed by atoms with Gasteiger partial charge in [-0.3, -0.25) is 0 Å². The van der Waals surface area contributed by atoms with E-state index in [1.165, 1.54) is 12.1 Å². The molecule has 0 saturated carbocycles. The van der Waals surface area contributed by atoms with Crippen LogP contribution in [0, 0.1) is 17.5 Å². The average molecular weight is 306 g/mol. The Kier molecular flexibility index (Phi) is 4.00. The number of halogens is 3. The Labute approximate surface area is 125 Å². The molecule has 1 heterocycles. The van der Waals surface area contributed by atoms with Gasteiger partial charge in [0.2, 0.25) is 0 Å². The molecule has 0 aliphatic heterocycles. The van der Waals surface area contributed by atoms with E-state index in [-0.39, 0.29) is 5.82 Å². The van der Waals surface area contributed by atoms with Gasteiger partial charge in [0.05, 0.1) is 24.0 Å². The van der Waals surface area contributed by atoms with E-state index in [4.69, 9.17) is 4.74 Å². The standard InChI is InChI=1S/C16H13F3N2O/c17-11-2-4-12(5-3-11)22-7-1-6-21-10-20-15-8-13(18)14(19)9-16(15)21/h2-5,8-10H,1,6-7H2. The van der Waals surface area contributed by atoms with Crippen LogP contribution in [-0.4, -0.2) is 16.2 Å². The van der Waals surface area contributed by atoms with E-state index in [1.807, 2.05) is 0 Å². The highest BCUT2D eigenvalue weighted by Gasteiger charge is 2.08. The molecule has 0 atom stereocenters. The van der Waals surface area contributed by atoms with Gasteiger partial charge in [-0.15, -0.1) is 0 Å². The number of benzene rings is 2. The summed E-state index contributed by atoms with van der Waals surface area (Å²) in [5.74, 6) is -1.52. The van der Waals surface area contributed by atoms with Gasteiger partial charge in [-0.05, 0) is 30.7 Å². The molecule has 0 N–H and O–H groups in total. The molecule has 0 radical (unpaired) electrons. The lowest BCUT2D eigenvalue weighted by molar-refractivity contribution is 0.302. The summed E-state index contributed by atoms with van der Waals surface area (Å²) in [6.45, 7) is 0.984. The van der Waals surface area contributed by atoms with Crippen LogP contribution in [-0.2, 0) is 6.54 Å². The zero-order chi connectivity index (χ0) is 15.5. The first-order chi connectivity index (χ1) is 10.6. The molecule has 0 aliphatic rings. The fourth-order valence-corrected chi connectivity index (χ4v) is 2.19. The van der Waals surface area contributed by atoms with Gasteiger partial charge in [0, 0.05) is 18.7 Å². The smallest absolute Gasteiger partial charge is 0.161 e. The first-order valence-corrected chi connectivity index (χ1v) is 6.82. The third-order valence-corrected chi connectivity index (χ3v) is 3.29. The minimum atomic E-state index is -0.905. The average Bonchev–Trinajstić information content (AvgIpc) is 2.88. The molecule has 3 rings (SSSR count). The number of ether oxygens (including phenoxy) is 1. The number of aryl methyl sites for hydroxylation is 1. The second kappa shape index (κ2) is 6.09. The van der Waals surface area contributed by atoms with Crippen molar-refractivity contribution in [3.8, 4) is 5.75 Å². The summed E-state index contributed by atoms with van der Waals surface area (Å²) in [4.78, 5) is 4.04. The Morgan fingerprint density at radius 1 is 1.00 bits per heavy atom. The van der Waals surface area contributed by atoms with Crippen molar-refractivity contribution in [3.05, 3.63) is 60.2 Å². The van der Waals surface area contributed by atoms with Gasteiger partial charge >= 0.3 is 0 Å². The van der Waals surface area contributed by atoms with Crippen LogP contribution in [0.3, 0.4) is 0 Å². The second-order valence-electron chi connectivity index (χ2n) is 4.85. The summed E-state index contributed by atoms with van der Waals surface area (Å²) in [6.07, 6.45) is 2.20. The predicted octanol–water partition coefficient (Wildman–Crippen LogP) is 3.92. The number of fused-ring (bicyclic) bond motifs is 1. The summed E-state index contributed by atoms with van der Waals surface area (Å²) >= 11 is 0. The molecular formula is C16H13F3N2O. The van der Waals surface area contributed by atoms with Crippen molar-refractivity contribution in [1.82, 2.24) is 9.55 Å². The Hall–Kier alpha value is -2.50. The van der Waals surface area contributed by atoms with Crippen molar-refractivity contribution in [1.29, 1.82) is 0 Å². The van der Waals surface area contributed by atoms with E-state index in [1.54, 1.807) is 23.0 Å². The van der Waals surface area contributed by atoms with Crippen molar-refractivity contribution >= 4 is 11.0 Å². The van der Waals surface area contributed by atoms with Gasteiger partial charge in [0.25, 0.3) is 0 Å². The van der Waals surface area contributed by atoms with E-state index in [2.05, 4.69) is 4.98 Å². The summed E-state index contributed by atoms with van der Waals surface area (Å²) in [6, 6.07) is 7.99. The Morgan fingerprint density at radius 2 is 1.73 bits per heavy atom. The van der Waals surface area contributed by atoms with Gasteiger partial charge in [-0.2, -0.15) is 0 Å². The van der Waals surface area contributed by atoms with Crippen LogP contribution in [0.4, 0.5) is 13.2 Å². The van der Waals surface area contributed by atoms with Crippen LogP contribution in [0.15, 0.2) is 42.7 Å². The number of imidazole rings is 1. The minimum absolute atomic E-state index is 0.313. The molecule has 0 amide bonds. The van der Waals surface area contributed by atoms with E-state index in [0.717, 1.165) is 12.1 Å². The summed E-state index contributed by atoms with van der Waals surface area (Å²) in [5.41, 5.74) is 0.957. The monoisotopic (exact) mass is 306 g/mol. The molecule has 0 spiro atoms. The third-order valence-electron chi connectivity index (χ3n) is 3.29. The molecule has 0 unspecified atom stereocenters. The first-order valence-electron chi connectivity index (χ1n) is 6.82. The molecule has 3 nitrogen and oxygen atoms in total. The quantitative estimate of drug-likeness (QED) is 0.668. The van der Waals surface area contributed by atoms with Gasteiger partial charge in [-0.25, -0.2) is 18.2 Å². The molecular weight excluding hydrogens is 293 g/mol. The Morgan fingerprint density at radius 3 is 2.50 bits per heavy atom. The lowest BCUT2D eigenvalue weighted by Gasteiger charge is -2.07. The van der Waals surface area contributed by atoms with Crippen molar-refractivity contribution in [3.63, 3.8) is 0 Å². The molecule has 22 heavy (non-hydrogen) atoms. The van der Waals surface area contributed by atoms with E-state index < -0.39 is 11.6 Å². The molecule has 0 bridgehead atoms. The third kappa shape index (κ3) is 3.05. The highest BCUT2D eigenvalue weighted by atomic mass is 19.2. The lowest BCUT2D eigenvalue weighted by Crippen LogP contribution is -2.04. The van der Waals surface area contributed by atoms with Crippen molar-refractivity contribution in [2.75, 3.05) is 6.61 Å². The molecule has 0 fully saturated rings. The Balaban J connectivity index is 1.60. The topological polar surface area (TPSA) is 27.1 Å². The second-order valence-corrected chi connectivity index (χ2v) is 4.85. The van der Waals surface area contributed by atoms with Crippen molar-refractivity contribution in [2.45, 2.75) is 13.0 Å². The van der Waals surface area contributed by atoms with Crippen LogP contribution in [0.1, 0.15) is 6.42 Å². The number of hydrogen-bond acceptors (Lipinski definition) is 2. The summed E-state index contributed by atoms with van der Waals surface area (Å²) in [5, 5.41) is 0. The molecule has 114 valence electrons. The number of aromatic nitrogens is 2. The largest absolute Gasteiger partial charge is 0.494 e. The normalized spacial score (nSPS) is 11.0. The fourth-order valence-electron chi connectivity index (χ4n) is 2.19. The SMILES string of the molecule is Fc1ccc(OCCCn2cnc3cc(F)c(F)cc32)cc1. The maximum atomic E-state index is 13.3. The van der Waals surface area contributed by atoms with Gasteiger partial charge in [0.1, 0.15) is 11.6 Å². The van der Waals surface area contributed by atoms with Crippen molar-refractivity contribution in [2.24, 2.45) is 0 Å². The number of nitrogens with zero attached hydrogens (tertiary/aromatic N) is 2. The maximum Gasteiger partial charge on any atom is 0.161 e. The lowest BCUT2D eigenvalue weighted by atomic mass is 10.3. The molecule has 0 saturated heterocycles. The van der Waals surface area contributed by atoms with Crippen LogP contribution in [0.25, 0.3) is 11.0 Å². The first kappa shape index (κ1) is 14.4. The number of rotatable bonds is 5. The maximum absolute atomic E-state index is 13.3. The van der Waals surface area contributed by atoms with Gasteiger partial charge in [-0.1, -0.05) is 0 Å². The zero-order valence-electron chi connectivity index (χ0n) is 11.6. The van der Waals surface area contributed by atoms with Crippen LogP contribution < -0.4 is 4.74 Å².